The summed E-state index contributed by atoms with van der Waals surface area (Å²) in [5.41, 5.74) is -1.54. The van der Waals surface area contributed by atoms with Crippen molar-refractivity contribution in [1.82, 2.24) is 0 Å². The highest BCUT2D eigenvalue weighted by molar-refractivity contribution is 5.85. The molecule has 0 saturated heterocycles. The van der Waals surface area contributed by atoms with Crippen LogP contribution in [0.15, 0.2) is 9.59 Å². The van der Waals surface area contributed by atoms with E-state index in [2.05, 4.69) is 0 Å². The lowest BCUT2D eigenvalue weighted by molar-refractivity contribution is -0.146. The predicted molar refractivity (Wildman–Crippen MR) is 70.0 cm³/mol. The molecular formula is C13H19NO4. The molecule has 0 bridgehead atoms. The van der Waals surface area contributed by atoms with Crippen molar-refractivity contribution in [2.75, 3.05) is 25.1 Å². The van der Waals surface area contributed by atoms with Crippen molar-refractivity contribution < 1.29 is 9.53 Å². The molecule has 0 aliphatic heterocycles. The average Bonchev–Trinajstić information content (AvgIpc) is 2.36. The SMILES string of the molecule is CCN(CC)c1c(C(C)(C)C(=O)OC)c(=O)c1=O. The lowest BCUT2D eigenvalue weighted by Crippen LogP contribution is -2.50. The van der Waals surface area contributed by atoms with Gasteiger partial charge in [0.1, 0.15) is 0 Å². The topological polar surface area (TPSA) is 63.7 Å². The van der Waals surface area contributed by atoms with E-state index in [1.165, 1.54) is 7.11 Å². The van der Waals surface area contributed by atoms with Gasteiger partial charge in [-0.1, -0.05) is 0 Å². The van der Waals surface area contributed by atoms with Crippen LogP contribution in [0.2, 0.25) is 0 Å². The molecule has 0 aliphatic carbocycles. The van der Waals surface area contributed by atoms with Crippen LogP contribution in [-0.2, 0) is 14.9 Å². The first kappa shape index (κ1) is 14.4. The summed E-state index contributed by atoms with van der Waals surface area (Å²) in [4.78, 5) is 36.9. The molecule has 0 aliphatic rings. The van der Waals surface area contributed by atoms with Crippen molar-refractivity contribution in [3.63, 3.8) is 0 Å². The third-order valence-electron chi connectivity index (χ3n) is 3.29. The first-order valence-electron chi connectivity index (χ1n) is 6.00. The molecule has 18 heavy (non-hydrogen) atoms. The Hall–Kier alpha value is -1.65. The second kappa shape index (κ2) is 4.92. The van der Waals surface area contributed by atoms with E-state index in [-0.39, 0.29) is 5.56 Å². The third-order valence-corrected chi connectivity index (χ3v) is 3.29. The quantitative estimate of drug-likeness (QED) is 0.567. The van der Waals surface area contributed by atoms with Crippen molar-refractivity contribution in [3.8, 4) is 0 Å². The van der Waals surface area contributed by atoms with Crippen LogP contribution in [0.1, 0.15) is 33.3 Å². The summed E-state index contributed by atoms with van der Waals surface area (Å²) in [6.07, 6.45) is 0. The van der Waals surface area contributed by atoms with Gasteiger partial charge in [0.05, 0.1) is 18.2 Å². The monoisotopic (exact) mass is 253 g/mol. The number of esters is 1. The van der Waals surface area contributed by atoms with Gasteiger partial charge in [0.2, 0.25) is 10.9 Å². The van der Waals surface area contributed by atoms with Gasteiger partial charge in [-0.25, -0.2) is 0 Å². The normalized spacial score (nSPS) is 11.6. The minimum atomic E-state index is -1.09. The molecule has 0 heterocycles. The van der Waals surface area contributed by atoms with Crippen LogP contribution < -0.4 is 15.8 Å². The molecule has 0 radical (unpaired) electrons. The van der Waals surface area contributed by atoms with Crippen LogP contribution in [0.5, 0.6) is 0 Å². The summed E-state index contributed by atoms with van der Waals surface area (Å²) in [6.45, 7) is 8.23. The zero-order chi connectivity index (χ0) is 14.1. The van der Waals surface area contributed by atoms with Gasteiger partial charge in [0.25, 0.3) is 0 Å². The van der Waals surface area contributed by atoms with Gasteiger partial charge in [0.15, 0.2) is 0 Å². The van der Waals surface area contributed by atoms with E-state index in [1.54, 1.807) is 18.7 Å². The van der Waals surface area contributed by atoms with E-state index in [9.17, 15) is 14.4 Å². The van der Waals surface area contributed by atoms with Gasteiger partial charge in [0, 0.05) is 18.7 Å². The molecule has 0 aromatic heterocycles. The summed E-state index contributed by atoms with van der Waals surface area (Å²) < 4.78 is 4.70. The number of hydrogen-bond donors (Lipinski definition) is 0. The molecule has 0 amide bonds. The number of nitrogens with zero attached hydrogens (tertiary/aromatic N) is 1. The van der Waals surface area contributed by atoms with Crippen LogP contribution in [0.4, 0.5) is 5.69 Å². The number of hydrogen-bond acceptors (Lipinski definition) is 5. The maximum Gasteiger partial charge on any atom is 0.315 e. The van der Waals surface area contributed by atoms with Gasteiger partial charge >= 0.3 is 5.97 Å². The van der Waals surface area contributed by atoms with Crippen LogP contribution in [0, 0.1) is 0 Å². The van der Waals surface area contributed by atoms with Crippen molar-refractivity contribution in [2.24, 2.45) is 0 Å². The number of carbonyl (C=O) groups is 1. The molecular weight excluding hydrogens is 234 g/mol. The maximum absolute atomic E-state index is 11.7. The Balaban J connectivity index is 3.36. The first-order valence-corrected chi connectivity index (χ1v) is 6.00. The van der Waals surface area contributed by atoms with Crippen molar-refractivity contribution in [2.45, 2.75) is 33.1 Å². The first-order chi connectivity index (χ1) is 8.32. The van der Waals surface area contributed by atoms with Crippen molar-refractivity contribution in [1.29, 1.82) is 0 Å². The van der Waals surface area contributed by atoms with E-state index >= 15 is 0 Å². The molecule has 0 atom stereocenters. The van der Waals surface area contributed by atoms with E-state index in [4.69, 9.17) is 4.74 Å². The third kappa shape index (κ3) is 1.94. The Labute approximate surface area is 106 Å². The fraction of sp³-hybridized carbons (Fsp3) is 0.615. The van der Waals surface area contributed by atoms with Gasteiger partial charge in [-0.3, -0.25) is 14.4 Å². The smallest absolute Gasteiger partial charge is 0.315 e. The fourth-order valence-corrected chi connectivity index (χ4v) is 2.16. The fourth-order valence-electron chi connectivity index (χ4n) is 2.16. The summed E-state index contributed by atoms with van der Waals surface area (Å²) in [7, 11) is 1.27. The minimum absolute atomic E-state index is 0.267. The Kier molecular flexibility index (Phi) is 3.94. The summed E-state index contributed by atoms with van der Waals surface area (Å²) in [6, 6.07) is 0. The zero-order valence-electron chi connectivity index (χ0n) is 11.5. The second-order valence-corrected chi connectivity index (χ2v) is 4.67. The Morgan fingerprint density at radius 2 is 1.67 bits per heavy atom. The molecule has 1 rings (SSSR count). The molecule has 0 N–H and O–H groups in total. The Morgan fingerprint density at radius 1 is 1.17 bits per heavy atom. The summed E-state index contributed by atoms with van der Waals surface area (Å²) in [5.74, 6) is -0.511. The second-order valence-electron chi connectivity index (χ2n) is 4.67. The van der Waals surface area contributed by atoms with Crippen LogP contribution in [0.25, 0.3) is 0 Å². The summed E-state index contributed by atoms with van der Waals surface area (Å²) in [5, 5.41) is 0. The molecule has 0 spiro atoms. The van der Waals surface area contributed by atoms with E-state index in [0.717, 1.165) is 0 Å². The Bertz CT molecular complexity index is 519. The molecule has 1 aromatic rings. The number of anilines is 1. The molecule has 1 aromatic carbocycles. The van der Waals surface area contributed by atoms with Gasteiger partial charge in [-0.05, 0) is 27.7 Å². The number of carbonyl (C=O) groups excluding carboxylic acids is 1. The van der Waals surface area contributed by atoms with Crippen molar-refractivity contribution >= 4 is 11.7 Å². The molecule has 5 nitrogen and oxygen atoms in total. The standard InChI is InChI=1S/C13H19NO4/c1-6-14(7-2)9-8(10(15)11(9)16)13(3,4)12(17)18-5/h6-7H2,1-5H3. The van der Waals surface area contributed by atoms with E-state index in [0.29, 0.717) is 18.8 Å². The largest absolute Gasteiger partial charge is 0.468 e. The molecule has 0 fully saturated rings. The van der Waals surface area contributed by atoms with E-state index < -0.39 is 22.2 Å². The molecule has 5 heteroatoms. The molecule has 0 saturated carbocycles. The molecule has 100 valence electrons. The highest BCUT2D eigenvalue weighted by Crippen LogP contribution is 2.29. The number of methoxy groups -OCH3 is 1. The highest BCUT2D eigenvalue weighted by Gasteiger charge is 2.41. The van der Waals surface area contributed by atoms with Crippen molar-refractivity contribution in [3.05, 3.63) is 26.0 Å². The summed E-state index contributed by atoms with van der Waals surface area (Å²) >= 11 is 0. The Morgan fingerprint density at radius 3 is 2.06 bits per heavy atom. The average molecular weight is 253 g/mol. The van der Waals surface area contributed by atoms with Gasteiger partial charge < -0.3 is 9.64 Å². The highest BCUT2D eigenvalue weighted by atomic mass is 16.5. The van der Waals surface area contributed by atoms with E-state index in [1.807, 2.05) is 13.8 Å². The zero-order valence-corrected chi connectivity index (χ0v) is 11.5. The van der Waals surface area contributed by atoms with Gasteiger partial charge in [-0.2, -0.15) is 0 Å². The molecule has 0 unspecified atom stereocenters. The van der Waals surface area contributed by atoms with Crippen LogP contribution in [0.3, 0.4) is 0 Å². The maximum atomic E-state index is 11.7. The minimum Gasteiger partial charge on any atom is -0.468 e. The lowest BCUT2D eigenvalue weighted by atomic mass is 9.80. The van der Waals surface area contributed by atoms with Crippen LogP contribution >= 0.6 is 0 Å². The van der Waals surface area contributed by atoms with Gasteiger partial charge in [-0.15, -0.1) is 0 Å². The van der Waals surface area contributed by atoms with Crippen LogP contribution in [-0.4, -0.2) is 26.2 Å². The number of rotatable bonds is 5. The lowest BCUT2D eigenvalue weighted by Gasteiger charge is -2.31. The predicted octanol–water partition coefficient (Wildman–Crippen LogP) is 0.579. The number of ether oxygens (including phenoxy) is 1.